The van der Waals surface area contributed by atoms with Gasteiger partial charge in [0.25, 0.3) is 0 Å². The third-order valence-electron chi connectivity index (χ3n) is 7.39. The van der Waals surface area contributed by atoms with Crippen molar-refractivity contribution in [3.63, 3.8) is 0 Å². The molecule has 2 aliphatic rings. The van der Waals surface area contributed by atoms with Crippen molar-refractivity contribution in [1.82, 2.24) is 0 Å². The summed E-state index contributed by atoms with van der Waals surface area (Å²) in [5.74, 6) is 3.79. The van der Waals surface area contributed by atoms with Crippen LogP contribution in [0.15, 0.2) is 0 Å². The quantitative estimate of drug-likeness (QED) is 0.448. The summed E-state index contributed by atoms with van der Waals surface area (Å²) in [5.41, 5.74) is 1.26. The molecule has 0 unspecified atom stereocenters. The Morgan fingerprint density at radius 3 is 1.36 bits per heavy atom. The molecule has 22 heavy (non-hydrogen) atoms. The van der Waals surface area contributed by atoms with Gasteiger partial charge in [-0.1, -0.05) is 0 Å². The molecule has 0 heterocycles. The van der Waals surface area contributed by atoms with Crippen molar-refractivity contribution in [2.75, 3.05) is 0 Å². The van der Waals surface area contributed by atoms with E-state index in [2.05, 4.69) is 47.3 Å². The Labute approximate surface area is 143 Å². The molecule has 0 aromatic carbocycles. The van der Waals surface area contributed by atoms with Crippen molar-refractivity contribution in [1.29, 1.82) is 0 Å². The molecule has 2 rings (SSSR count). The fraction of sp³-hybridized carbons (Fsp3) is 1.00. The predicted molar refractivity (Wildman–Crippen MR) is 103 cm³/mol. The monoisotopic (exact) mass is 368 g/mol. The molecule has 2 aliphatic carbocycles. The van der Waals surface area contributed by atoms with E-state index in [1.54, 1.807) is 30.9 Å². The first kappa shape index (κ1) is 18.9. The Morgan fingerprint density at radius 1 is 0.773 bits per heavy atom. The van der Waals surface area contributed by atoms with E-state index in [1.165, 1.54) is 35.2 Å². The molecule has 1 heteroatoms. The first-order chi connectivity index (χ1) is 10.0. The minimum absolute atomic E-state index is 0.631. The van der Waals surface area contributed by atoms with Gasteiger partial charge in [-0.15, -0.1) is 0 Å². The van der Waals surface area contributed by atoms with Gasteiger partial charge in [-0.25, -0.2) is 0 Å². The topological polar surface area (TPSA) is 0 Å². The second-order valence-corrected chi connectivity index (χ2v) is 21.6. The Kier molecular flexibility index (Phi) is 5.84. The van der Waals surface area contributed by atoms with Crippen LogP contribution in [-0.2, 0) is 0 Å². The Balaban J connectivity index is 2.11. The normalized spacial score (nSPS) is 27.3. The van der Waals surface area contributed by atoms with Crippen LogP contribution in [0.1, 0.15) is 92.9 Å². The number of rotatable bonds is 4. The molecule has 130 valence electrons. The van der Waals surface area contributed by atoms with Gasteiger partial charge in [0.2, 0.25) is 0 Å². The summed E-state index contributed by atoms with van der Waals surface area (Å²) >= 11 is -1.74. The van der Waals surface area contributed by atoms with Gasteiger partial charge in [0.05, 0.1) is 0 Å². The van der Waals surface area contributed by atoms with Crippen molar-refractivity contribution in [3.8, 4) is 0 Å². The van der Waals surface area contributed by atoms with E-state index in [0.29, 0.717) is 10.8 Å². The molecule has 0 aliphatic heterocycles. The first-order valence-electron chi connectivity index (χ1n) is 10.0. The molecule has 0 N–H and O–H groups in total. The zero-order valence-electron chi connectivity index (χ0n) is 16.6. The van der Waals surface area contributed by atoms with Crippen LogP contribution in [0.4, 0.5) is 0 Å². The average molecular weight is 367 g/mol. The molecule has 0 amide bonds. The van der Waals surface area contributed by atoms with Crippen LogP contribution in [0.3, 0.4) is 0 Å². The van der Waals surface area contributed by atoms with Crippen LogP contribution in [0, 0.1) is 16.7 Å². The fourth-order valence-electron chi connectivity index (χ4n) is 5.66. The summed E-state index contributed by atoms with van der Waals surface area (Å²) in [6.45, 7) is 15.0. The molecule has 0 aromatic rings. The Bertz CT molecular complexity index is 318. The molecule has 0 aromatic heterocycles. The van der Waals surface area contributed by atoms with Gasteiger partial charge in [0, 0.05) is 0 Å². The van der Waals surface area contributed by atoms with Crippen LogP contribution >= 0.6 is 0 Å². The van der Waals surface area contributed by atoms with Crippen LogP contribution in [0.5, 0.6) is 0 Å². The molecule has 0 nitrogen and oxygen atoms in total. The minimum atomic E-state index is -1.74. The van der Waals surface area contributed by atoms with E-state index in [4.69, 9.17) is 0 Å². The maximum absolute atomic E-state index is 2.87. The van der Waals surface area contributed by atoms with Gasteiger partial charge in [-0.3, -0.25) is 0 Å². The molecule has 2 fully saturated rings. The number of hydrogen-bond acceptors (Lipinski definition) is 0. The van der Waals surface area contributed by atoms with Gasteiger partial charge in [0.1, 0.15) is 0 Å². The molecule has 0 spiro atoms. The van der Waals surface area contributed by atoms with E-state index in [-0.39, 0.29) is 0 Å². The van der Waals surface area contributed by atoms with Crippen molar-refractivity contribution in [3.05, 3.63) is 0 Å². The van der Waals surface area contributed by atoms with Crippen molar-refractivity contribution in [2.45, 2.75) is 113 Å². The van der Waals surface area contributed by atoms with E-state index in [9.17, 15) is 0 Å². The average Bonchev–Trinajstić information content (AvgIpc) is 2.37. The van der Waals surface area contributed by atoms with Crippen molar-refractivity contribution >= 4 is 13.3 Å². The summed E-state index contributed by atoms with van der Waals surface area (Å²) < 4.78 is 2.34. The van der Waals surface area contributed by atoms with Crippen molar-refractivity contribution < 1.29 is 0 Å². The molecular weight excluding hydrogens is 325 g/mol. The van der Waals surface area contributed by atoms with E-state index in [0.717, 1.165) is 5.92 Å². The van der Waals surface area contributed by atoms with Crippen molar-refractivity contribution in [2.24, 2.45) is 16.7 Å². The third kappa shape index (κ3) is 4.55. The van der Waals surface area contributed by atoms with Gasteiger partial charge >= 0.3 is 143 Å². The summed E-state index contributed by atoms with van der Waals surface area (Å²) in [4.78, 5) is 0. The first-order valence-corrected chi connectivity index (χ1v) is 16.0. The van der Waals surface area contributed by atoms with Crippen LogP contribution in [-0.4, -0.2) is 13.3 Å². The zero-order valence-corrected chi connectivity index (χ0v) is 18.7. The Hall–Kier alpha value is 0.543. The Morgan fingerprint density at radius 2 is 1.09 bits per heavy atom. The molecule has 0 saturated heterocycles. The van der Waals surface area contributed by atoms with Crippen LogP contribution in [0.25, 0.3) is 0 Å². The summed E-state index contributed by atoms with van der Waals surface area (Å²) in [6.07, 6.45) is 12.2. The SMILES string of the molecule is CC(C)[CH2][Ge]([CH3])([CH]1CCC(C)(C)CC1)[CH]1CCC(C)(C)CC1. The molecule has 0 atom stereocenters. The molecule has 0 radical (unpaired) electrons. The summed E-state index contributed by atoms with van der Waals surface area (Å²) in [5, 5.41) is 1.64. The summed E-state index contributed by atoms with van der Waals surface area (Å²) in [7, 11) is 0. The zero-order chi connectivity index (χ0) is 16.6. The standard InChI is InChI=1S/C21H42Ge/c1-17(2)16-22(7,18-8-12-20(3,4)13-9-18)19-10-14-21(5,6)15-11-19/h17-19H,8-16H2,1-7H3. The van der Waals surface area contributed by atoms with E-state index < -0.39 is 13.3 Å². The second kappa shape index (κ2) is 6.81. The summed E-state index contributed by atoms with van der Waals surface area (Å²) in [6, 6.07) is 0. The molecule has 2 saturated carbocycles. The van der Waals surface area contributed by atoms with Gasteiger partial charge < -0.3 is 0 Å². The maximum atomic E-state index is 2.87. The third-order valence-corrected chi connectivity index (χ3v) is 21.2. The van der Waals surface area contributed by atoms with Gasteiger partial charge in [-0.05, 0) is 0 Å². The second-order valence-electron chi connectivity index (χ2n) is 11.0. The van der Waals surface area contributed by atoms with Crippen LogP contribution < -0.4 is 0 Å². The van der Waals surface area contributed by atoms with E-state index in [1.807, 2.05) is 0 Å². The number of hydrogen-bond donors (Lipinski definition) is 0. The molecule has 0 bridgehead atoms. The van der Waals surface area contributed by atoms with E-state index >= 15 is 0 Å². The van der Waals surface area contributed by atoms with Gasteiger partial charge in [-0.2, -0.15) is 0 Å². The molecular formula is C21H42Ge. The van der Waals surface area contributed by atoms with Gasteiger partial charge in [0.15, 0.2) is 0 Å². The predicted octanol–water partition coefficient (Wildman–Crippen LogP) is 7.66. The van der Waals surface area contributed by atoms with Crippen LogP contribution in [0.2, 0.25) is 20.5 Å². The fourth-order valence-corrected chi connectivity index (χ4v) is 18.9.